The molecule has 2 aliphatic heterocycles. The number of para-hydroxylation sites is 6. The van der Waals surface area contributed by atoms with Crippen LogP contribution in [-0.2, 0) is 21.7 Å². The average Bonchev–Trinajstić information content (AvgIpc) is 1.48. The minimum atomic E-state index is -0.634. The molecule has 0 amide bonds. The predicted octanol–water partition coefficient (Wildman–Crippen LogP) is 32.8. The van der Waals surface area contributed by atoms with Crippen LogP contribution in [0.2, 0.25) is 0 Å². The van der Waals surface area contributed by atoms with Gasteiger partial charge in [0.05, 0.1) is 33.6 Å². The van der Waals surface area contributed by atoms with Crippen LogP contribution >= 0.6 is 0 Å². The number of hydrogen-bond donors (Lipinski definition) is 0. The van der Waals surface area contributed by atoms with E-state index in [4.69, 9.17) is 0 Å². The molecule has 0 fully saturated rings. The first-order valence-electron chi connectivity index (χ1n) is 44.9. The molecule has 128 heavy (non-hydrogen) atoms. The third kappa shape index (κ3) is 10.5. The quantitative estimate of drug-likeness (QED) is 0.128. The van der Waals surface area contributed by atoms with Gasteiger partial charge in [-0.3, -0.25) is 0 Å². The maximum Gasteiger partial charge on any atom is 0.0755 e. The topological polar surface area (TPSA) is 13.0 Å². The van der Waals surface area contributed by atoms with E-state index in [-0.39, 0.29) is 10.8 Å². The molecule has 602 valence electrons. The summed E-state index contributed by atoms with van der Waals surface area (Å²) in [7, 11) is 0. The van der Waals surface area contributed by atoms with Crippen LogP contribution in [0.15, 0.2) is 449 Å². The molecule has 2 heterocycles. The molecule has 0 aromatic heterocycles. The Balaban J connectivity index is 0.548. The van der Waals surface area contributed by atoms with Crippen molar-refractivity contribution in [2.45, 2.75) is 49.4 Å². The van der Waals surface area contributed by atoms with Gasteiger partial charge in [-0.25, -0.2) is 0 Å². The third-order valence-corrected chi connectivity index (χ3v) is 29.4. The highest BCUT2D eigenvalue weighted by Crippen LogP contribution is 2.67. The zero-order valence-corrected chi connectivity index (χ0v) is 71.5. The van der Waals surface area contributed by atoms with E-state index in [0.29, 0.717) is 0 Å². The van der Waals surface area contributed by atoms with Crippen LogP contribution in [0.3, 0.4) is 0 Å². The van der Waals surface area contributed by atoms with Gasteiger partial charge in [0, 0.05) is 56.3 Å². The minimum Gasteiger partial charge on any atom is -0.310 e. The summed E-state index contributed by atoms with van der Waals surface area (Å²) < 4.78 is 0. The fraction of sp³-hybridized carbons (Fsp3) is 0.0645. The second-order valence-corrected chi connectivity index (χ2v) is 36.5. The molecule has 4 aliphatic carbocycles. The van der Waals surface area contributed by atoms with Crippen LogP contribution < -0.4 is 19.6 Å². The normalized spacial score (nSPS) is 14.5. The van der Waals surface area contributed by atoms with E-state index < -0.39 is 10.8 Å². The first kappa shape index (κ1) is 73.6. The van der Waals surface area contributed by atoms with Gasteiger partial charge in [-0.1, -0.05) is 337 Å². The number of rotatable bonds is 11. The summed E-state index contributed by atoms with van der Waals surface area (Å²) in [4.78, 5) is 9.96. The van der Waals surface area contributed by atoms with Gasteiger partial charge in [0.2, 0.25) is 0 Å². The number of hydrogen-bond acceptors (Lipinski definition) is 4. The Labute approximate surface area is 747 Å². The molecular weight excluding hydrogens is 1550 g/mol. The van der Waals surface area contributed by atoms with Crippen LogP contribution in [0.5, 0.6) is 0 Å². The molecule has 0 atom stereocenters. The Hall–Kier alpha value is -15.9. The monoisotopic (exact) mass is 1630 g/mol. The molecule has 0 radical (unpaired) electrons. The summed E-state index contributed by atoms with van der Waals surface area (Å²) in [6.45, 7) is 9.63. The molecule has 26 rings (SSSR count). The number of anilines is 12. The van der Waals surface area contributed by atoms with E-state index in [2.05, 4.69) is 496 Å². The molecule has 0 saturated carbocycles. The molecule has 2 spiro atoms. The van der Waals surface area contributed by atoms with Crippen molar-refractivity contribution in [1.29, 1.82) is 0 Å². The van der Waals surface area contributed by atoms with Crippen molar-refractivity contribution in [3.05, 3.63) is 516 Å². The lowest BCUT2D eigenvalue weighted by Crippen LogP contribution is -2.36. The second kappa shape index (κ2) is 27.8. The second-order valence-electron chi connectivity index (χ2n) is 36.5. The van der Waals surface area contributed by atoms with Gasteiger partial charge in [0.1, 0.15) is 0 Å². The Morgan fingerprint density at radius 2 is 0.461 bits per heavy atom. The Kier molecular flexibility index (Phi) is 16.0. The summed E-state index contributed by atoms with van der Waals surface area (Å²) in [5.74, 6) is 0. The molecule has 0 N–H and O–H groups in total. The number of fused-ring (bicyclic) bond motifs is 26. The highest BCUT2D eigenvalue weighted by Gasteiger charge is 2.54. The summed E-state index contributed by atoms with van der Waals surface area (Å²) in [6, 6.07) is 170. The minimum absolute atomic E-state index is 0.201. The zero-order chi connectivity index (χ0) is 84.9. The molecule has 4 nitrogen and oxygen atoms in total. The fourth-order valence-electron chi connectivity index (χ4n) is 23.6. The van der Waals surface area contributed by atoms with E-state index in [1.807, 2.05) is 0 Å². The van der Waals surface area contributed by atoms with Gasteiger partial charge in [-0.2, -0.15) is 0 Å². The van der Waals surface area contributed by atoms with Crippen molar-refractivity contribution >= 4 is 89.8 Å². The SMILES string of the molecule is CC1(C)c2ccccc2-c2ccc(N(c3ccc(-c4ccc5cc(-c6ccc7c(c6)C(C)(C)c6cc(N(c8ccc(-c9cccc%10ccccc9%10)cc8)c8ccc9c(c8)C8(c%10ccccc%10-9)c9ccccc9N(c9ccccc9)c9ccccc98)ccc6-7)ccc5c4)cc3)c3ccc4c(c3)C3(c5ccccc5-4)c4ccccc4N(c4ccccc4)c4ccccc43)cc21. The summed E-state index contributed by atoms with van der Waals surface area (Å²) >= 11 is 0. The highest BCUT2D eigenvalue weighted by molar-refractivity contribution is 6.03. The van der Waals surface area contributed by atoms with E-state index in [9.17, 15) is 0 Å². The molecule has 20 aromatic rings. The van der Waals surface area contributed by atoms with Gasteiger partial charge in [0.15, 0.2) is 0 Å². The Bertz CT molecular complexity index is 7930. The lowest BCUT2D eigenvalue weighted by molar-refractivity contribution is 0.660. The smallest absolute Gasteiger partial charge is 0.0755 e. The Morgan fingerprint density at radius 3 is 0.922 bits per heavy atom. The van der Waals surface area contributed by atoms with Crippen molar-refractivity contribution in [2.75, 3.05) is 19.6 Å². The summed E-state index contributed by atoms with van der Waals surface area (Å²) in [5, 5.41) is 4.88. The van der Waals surface area contributed by atoms with Crippen molar-refractivity contribution in [3.8, 4) is 77.9 Å². The van der Waals surface area contributed by atoms with Crippen LogP contribution in [0.25, 0.3) is 99.4 Å². The zero-order valence-electron chi connectivity index (χ0n) is 71.5. The van der Waals surface area contributed by atoms with Gasteiger partial charge < -0.3 is 19.6 Å². The van der Waals surface area contributed by atoms with Crippen molar-refractivity contribution < 1.29 is 0 Å². The predicted molar refractivity (Wildman–Crippen MR) is 533 cm³/mol. The Morgan fingerprint density at radius 1 is 0.172 bits per heavy atom. The number of benzene rings is 20. The lowest BCUT2D eigenvalue weighted by atomic mass is 9.64. The number of nitrogens with zero attached hydrogens (tertiary/aromatic N) is 4. The summed E-state index contributed by atoms with van der Waals surface area (Å²) in [5.41, 5.74) is 44.7. The molecular formula is C124H86N4. The van der Waals surface area contributed by atoms with Crippen LogP contribution in [-0.4, -0.2) is 0 Å². The first-order valence-corrected chi connectivity index (χ1v) is 44.9. The van der Waals surface area contributed by atoms with Gasteiger partial charge in [-0.15, -0.1) is 0 Å². The first-order chi connectivity index (χ1) is 63.0. The maximum absolute atomic E-state index is 2.53. The molecule has 0 unspecified atom stereocenters. The van der Waals surface area contributed by atoms with Crippen molar-refractivity contribution in [2.24, 2.45) is 0 Å². The van der Waals surface area contributed by atoms with E-state index >= 15 is 0 Å². The van der Waals surface area contributed by atoms with Crippen LogP contribution in [0.4, 0.5) is 68.2 Å². The van der Waals surface area contributed by atoms with Gasteiger partial charge in [-0.05, 0) is 306 Å². The fourth-order valence-corrected chi connectivity index (χ4v) is 23.6. The standard InChI is InChI=1S/C124H86N4/c1-121(2)105-39-16-13-35-97(105)101-68-63-91(75-113(101)121)125(93-65-70-103-98-36-14-17-40-106(98)123(115(103)77-93)108-42-19-23-46-117(108)127(87-30-7-5-8-31-87)118-47-24-20-43-109(118)123)89-59-54-79(55-60-89)82-50-51-84-73-85(53-52-83(84)72-82)86-58-67-100-102-69-64-92(76-114(102)122(3,4)112(100)74-86)126(90-61-56-81(57-62-90)96-38-27-29-80-28-11-12-34-95(80)96)94-66-71-104-99-37-15-18-41-107(99)124(116(104)78-94)110-44-21-25-48-119(110)128(88-32-9-6-10-33-88)120-49-26-22-45-111(120)124/h5-78H,1-4H3. The van der Waals surface area contributed by atoms with Crippen molar-refractivity contribution in [1.82, 2.24) is 0 Å². The average molecular weight is 1630 g/mol. The molecule has 0 bridgehead atoms. The lowest BCUT2D eigenvalue weighted by Gasteiger charge is -2.45. The van der Waals surface area contributed by atoms with E-state index in [1.54, 1.807) is 0 Å². The van der Waals surface area contributed by atoms with Gasteiger partial charge >= 0.3 is 0 Å². The largest absolute Gasteiger partial charge is 0.310 e. The third-order valence-electron chi connectivity index (χ3n) is 29.4. The van der Waals surface area contributed by atoms with E-state index in [1.165, 1.54) is 183 Å². The van der Waals surface area contributed by atoms with Crippen LogP contribution in [0, 0.1) is 0 Å². The molecule has 20 aromatic carbocycles. The summed E-state index contributed by atoms with van der Waals surface area (Å²) in [6.07, 6.45) is 0. The molecule has 4 heteroatoms. The van der Waals surface area contributed by atoms with Crippen LogP contribution in [0.1, 0.15) is 94.5 Å². The molecule has 6 aliphatic rings. The van der Waals surface area contributed by atoms with E-state index in [0.717, 1.165) is 51.1 Å². The molecule has 0 saturated heterocycles. The van der Waals surface area contributed by atoms with Crippen molar-refractivity contribution in [3.63, 3.8) is 0 Å². The van der Waals surface area contributed by atoms with Gasteiger partial charge in [0.25, 0.3) is 0 Å². The maximum atomic E-state index is 2.53. The highest BCUT2D eigenvalue weighted by atomic mass is 15.2.